The van der Waals surface area contributed by atoms with Gasteiger partial charge in [0, 0.05) is 19.2 Å². The number of sulfone groups is 1. The second-order valence-corrected chi connectivity index (χ2v) is 8.62. The topological polar surface area (TPSA) is 99.5 Å². The maximum Gasteiger partial charge on any atom is 0.271 e. The molecule has 0 aliphatic carbocycles. The first-order valence-electron chi connectivity index (χ1n) is 8.65. The lowest BCUT2D eigenvalue weighted by atomic mass is 10.1. The van der Waals surface area contributed by atoms with E-state index in [-0.39, 0.29) is 29.1 Å². The first-order valence-corrected chi connectivity index (χ1v) is 10.5. The maximum atomic E-state index is 12.4. The first kappa shape index (κ1) is 19.4. The molecule has 1 fully saturated rings. The van der Waals surface area contributed by atoms with E-state index in [0.717, 1.165) is 5.56 Å². The number of methoxy groups -OCH3 is 2. The molecule has 1 saturated heterocycles. The molecule has 2 heterocycles. The zero-order valence-corrected chi connectivity index (χ0v) is 16.2. The van der Waals surface area contributed by atoms with E-state index in [2.05, 4.69) is 10.4 Å². The van der Waals surface area contributed by atoms with E-state index in [1.165, 1.54) is 0 Å². The largest absolute Gasteiger partial charge is 0.497 e. The summed E-state index contributed by atoms with van der Waals surface area (Å²) < 4.78 is 35.6. The van der Waals surface area contributed by atoms with Crippen LogP contribution < -0.4 is 10.1 Å². The molecule has 0 radical (unpaired) electrons. The van der Waals surface area contributed by atoms with Crippen LogP contribution in [0.3, 0.4) is 0 Å². The minimum absolute atomic E-state index is 0.0303. The summed E-state index contributed by atoms with van der Waals surface area (Å²) in [5, 5.41) is 7.16. The molecule has 27 heavy (non-hydrogen) atoms. The van der Waals surface area contributed by atoms with Crippen molar-refractivity contribution in [2.24, 2.45) is 0 Å². The molecule has 2 aromatic rings. The maximum absolute atomic E-state index is 12.4. The molecule has 8 nitrogen and oxygen atoms in total. The Kier molecular flexibility index (Phi) is 5.81. The van der Waals surface area contributed by atoms with E-state index in [1.807, 2.05) is 24.3 Å². The third-order valence-electron chi connectivity index (χ3n) is 4.50. The summed E-state index contributed by atoms with van der Waals surface area (Å²) in [4.78, 5) is 12.4. The lowest BCUT2D eigenvalue weighted by Crippen LogP contribution is -2.27. The number of hydrogen-bond donors (Lipinski definition) is 1. The lowest BCUT2D eigenvalue weighted by molar-refractivity contribution is 0.0931. The van der Waals surface area contributed by atoms with Crippen LogP contribution in [0, 0.1) is 0 Å². The lowest BCUT2D eigenvalue weighted by Gasteiger charge is -2.13. The molecular formula is C18H23N3O5S. The zero-order valence-electron chi connectivity index (χ0n) is 15.3. The number of rotatable bonds is 7. The highest BCUT2D eigenvalue weighted by atomic mass is 32.2. The molecule has 1 N–H and O–H groups in total. The first-order chi connectivity index (χ1) is 12.9. The van der Waals surface area contributed by atoms with Gasteiger partial charge >= 0.3 is 0 Å². The normalized spacial score (nSPS) is 18.4. The molecule has 3 rings (SSSR count). The summed E-state index contributed by atoms with van der Waals surface area (Å²) >= 11 is 0. The van der Waals surface area contributed by atoms with Gasteiger partial charge in [-0.3, -0.25) is 9.48 Å². The Balaban J connectivity index is 1.94. The molecule has 1 aromatic heterocycles. The fourth-order valence-electron chi connectivity index (χ4n) is 3.09. The van der Waals surface area contributed by atoms with Crippen LogP contribution in [-0.4, -0.2) is 63.0 Å². The summed E-state index contributed by atoms with van der Waals surface area (Å²) in [6, 6.07) is 8.76. The van der Waals surface area contributed by atoms with E-state index in [9.17, 15) is 13.2 Å². The molecule has 1 aliphatic rings. The van der Waals surface area contributed by atoms with Crippen LogP contribution in [0.15, 0.2) is 30.3 Å². The van der Waals surface area contributed by atoms with Crippen LogP contribution in [0.25, 0.3) is 11.3 Å². The SMILES string of the molecule is COCCNC(=O)c1cc(-c2ccc(OC)cc2)n([C@H]2CCS(=O)(=O)C2)n1. The van der Waals surface area contributed by atoms with E-state index >= 15 is 0 Å². The Morgan fingerprint density at radius 3 is 2.63 bits per heavy atom. The van der Waals surface area contributed by atoms with Gasteiger partial charge in [0.25, 0.3) is 5.91 Å². The van der Waals surface area contributed by atoms with E-state index in [0.29, 0.717) is 31.0 Å². The minimum Gasteiger partial charge on any atom is -0.497 e. The smallest absolute Gasteiger partial charge is 0.271 e. The second kappa shape index (κ2) is 8.10. The summed E-state index contributed by atoms with van der Waals surface area (Å²) in [6.45, 7) is 0.774. The van der Waals surface area contributed by atoms with Crippen molar-refractivity contribution in [3.63, 3.8) is 0 Å². The number of nitrogens with zero attached hydrogens (tertiary/aromatic N) is 2. The van der Waals surface area contributed by atoms with Gasteiger partial charge in [0.15, 0.2) is 15.5 Å². The molecule has 146 valence electrons. The predicted molar refractivity (Wildman–Crippen MR) is 101 cm³/mol. The van der Waals surface area contributed by atoms with Crippen molar-refractivity contribution >= 4 is 15.7 Å². The van der Waals surface area contributed by atoms with E-state index in [4.69, 9.17) is 9.47 Å². The van der Waals surface area contributed by atoms with Crippen LogP contribution in [-0.2, 0) is 14.6 Å². The van der Waals surface area contributed by atoms with Gasteiger partial charge < -0.3 is 14.8 Å². The summed E-state index contributed by atoms with van der Waals surface area (Å²) in [5.41, 5.74) is 1.79. The summed E-state index contributed by atoms with van der Waals surface area (Å²) in [6.07, 6.45) is 0.484. The van der Waals surface area contributed by atoms with Gasteiger partial charge in [-0.25, -0.2) is 8.42 Å². The number of hydrogen-bond acceptors (Lipinski definition) is 6. The van der Waals surface area contributed by atoms with E-state index < -0.39 is 9.84 Å². The van der Waals surface area contributed by atoms with Crippen molar-refractivity contribution in [3.05, 3.63) is 36.0 Å². The highest BCUT2D eigenvalue weighted by molar-refractivity contribution is 7.91. The van der Waals surface area contributed by atoms with E-state index in [1.54, 1.807) is 25.0 Å². The molecule has 1 aromatic carbocycles. The Hall–Kier alpha value is -2.39. The molecule has 1 amide bonds. The standard InChI is InChI=1S/C18H23N3O5S/c1-25-9-8-19-18(22)16-11-17(13-3-5-15(26-2)6-4-13)21(20-16)14-7-10-27(23,24)12-14/h3-6,11,14H,7-10,12H2,1-2H3,(H,19,22)/t14-/m0/s1. The molecular weight excluding hydrogens is 370 g/mol. The van der Waals surface area contributed by atoms with Crippen LogP contribution >= 0.6 is 0 Å². The van der Waals surface area contributed by atoms with Gasteiger partial charge in [-0.1, -0.05) is 0 Å². The van der Waals surface area contributed by atoms with Crippen molar-refractivity contribution in [3.8, 4) is 17.0 Å². The summed E-state index contributed by atoms with van der Waals surface area (Å²) in [5.74, 6) is 0.560. The molecule has 1 atom stereocenters. The summed E-state index contributed by atoms with van der Waals surface area (Å²) in [7, 11) is 0.0674. The van der Waals surface area contributed by atoms with Gasteiger partial charge in [-0.2, -0.15) is 5.10 Å². The van der Waals surface area contributed by atoms with Crippen LogP contribution in [0.1, 0.15) is 23.0 Å². The molecule has 9 heteroatoms. The highest BCUT2D eigenvalue weighted by Gasteiger charge is 2.32. The van der Waals surface area contributed by atoms with Crippen LogP contribution in [0.4, 0.5) is 0 Å². The van der Waals surface area contributed by atoms with Crippen molar-refractivity contribution in [2.75, 3.05) is 38.9 Å². The highest BCUT2D eigenvalue weighted by Crippen LogP contribution is 2.30. The number of carbonyl (C=O) groups excluding carboxylic acids is 1. The number of aromatic nitrogens is 2. The average molecular weight is 393 g/mol. The molecule has 0 bridgehead atoms. The third kappa shape index (κ3) is 4.48. The monoisotopic (exact) mass is 393 g/mol. The van der Waals surface area contributed by atoms with Crippen LogP contribution in [0.5, 0.6) is 5.75 Å². The number of benzene rings is 1. The zero-order chi connectivity index (χ0) is 19.4. The van der Waals surface area contributed by atoms with Gasteiger partial charge in [0.05, 0.1) is 37.0 Å². The van der Waals surface area contributed by atoms with Gasteiger partial charge in [0.1, 0.15) is 5.75 Å². The second-order valence-electron chi connectivity index (χ2n) is 6.39. The molecule has 0 unspecified atom stereocenters. The number of carbonyl (C=O) groups is 1. The number of ether oxygens (including phenoxy) is 2. The molecule has 1 aliphatic heterocycles. The Morgan fingerprint density at radius 2 is 2.04 bits per heavy atom. The van der Waals surface area contributed by atoms with Crippen molar-refractivity contribution < 1.29 is 22.7 Å². The quantitative estimate of drug-likeness (QED) is 0.712. The number of nitrogens with one attached hydrogen (secondary N) is 1. The fraction of sp³-hybridized carbons (Fsp3) is 0.444. The third-order valence-corrected chi connectivity index (χ3v) is 6.25. The Bertz CT molecular complexity index is 906. The molecule has 0 saturated carbocycles. The Labute approximate surface area is 158 Å². The Morgan fingerprint density at radius 1 is 1.30 bits per heavy atom. The fourth-order valence-corrected chi connectivity index (χ4v) is 4.78. The van der Waals surface area contributed by atoms with Gasteiger partial charge in [-0.05, 0) is 36.8 Å². The van der Waals surface area contributed by atoms with Crippen molar-refractivity contribution in [2.45, 2.75) is 12.5 Å². The van der Waals surface area contributed by atoms with Gasteiger partial charge in [0.2, 0.25) is 0 Å². The van der Waals surface area contributed by atoms with Crippen molar-refractivity contribution in [1.29, 1.82) is 0 Å². The number of amides is 1. The molecule has 0 spiro atoms. The minimum atomic E-state index is -3.08. The average Bonchev–Trinajstić information content (AvgIpc) is 3.25. The van der Waals surface area contributed by atoms with Crippen LogP contribution in [0.2, 0.25) is 0 Å². The van der Waals surface area contributed by atoms with Crippen molar-refractivity contribution in [1.82, 2.24) is 15.1 Å². The van der Waals surface area contributed by atoms with Gasteiger partial charge in [-0.15, -0.1) is 0 Å². The predicted octanol–water partition coefficient (Wildman–Crippen LogP) is 1.29.